The summed E-state index contributed by atoms with van der Waals surface area (Å²) in [7, 11) is -0.405. The maximum absolute atomic E-state index is 9.33. The summed E-state index contributed by atoms with van der Waals surface area (Å²) in [4.78, 5) is 9.33. The first kappa shape index (κ1) is 15.3. The van der Waals surface area contributed by atoms with E-state index in [1.165, 1.54) is 41.5 Å². The van der Waals surface area contributed by atoms with Crippen LogP contribution in [-0.4, -0.2) is 11.0 Å². The minimum Gasteiger partial charge on any atom is -0.352 e. The summed E-state index contributed by atoms with van der Waals surface area (Å²) < 4.78 is 5.76. The molecule has 0 spiro atoms. The lowest BCUT2D eigenvalue weighted by atomic mass is 9.67. The third-order valence-corrected chi connectivity index (χ3v) is 5.96. The van der Waals surface area contributed by atoms with Gasteiger partial charge in [-0.1, -0.05) is 61.4 Å². The van der Waals surface area contributed by atoms with Crippen LogP contribution in [0.3, 0.4) is 0 Å². The second-order valence-electron chi connectivity index (χ2n) is 6.75. The monoisotopic (exact) mass is 326 g/mol. The molecule has 2 aliphatic rings. The maximum Gasteiger partial charge on any atom is 0.152 e. The molecule has 1 fully saturated rings. The Kier molecular flexibility index (Phi) is 4.48. The molecule has 0 aliphatic heterocycles. The highest BCUT2D eigenvalue weighted by atomic mass is 31.1. The second-order valence-corrected chi connectivity index (χ2v) is 7.17. The van der Waals surface area contributed by atoms with E-state index in [0.29, 0.717) is 11.8 Å². The van der Waals surface area contributed by atoms with Crippen LogP contribution in [0.1, 0.15) is 53.9 Å². The largest absolute Gasteiger partial charge is 0.352 e. The maximum atomic E-state index is 9.33. The molecule has 2 aromatic rings. The number of rotatable bonds is 3. The molecule has 3 atom stereocenters. The molecule has 3 unspecified atom stereocenters. The summed E-state index contributed by atoms with van der Waals surface area (Å²) in [6.45, 7) is 0. The van der Waals surface area contributed by atoms with E-state index in [9.17, 15) is 4.89 Å². The van der Waals surface area contributed by atoms with Gasteiger partial charge >= 0.3 is 0 Å². The van der Waals surface area contributed by atoms with Gasteiger partial charge in [0.2, 0.25) is 0 Å². The number of benzene rings is 2. The van der Waals surface area contributed by atoms with Crippen molar-refractivity contribution < 1.29 is 9.42 Å². The minimum atomic E-state index is -0.405. The van der Waals surface area contributed by atoms with E-state index in [0.717, 1.165) is 12.8 Å². The van der Waals surface area contributed by atoms with Crippen molar-refractivity contribution in [2.45, 2.75) is 44.1 Å². The van der Waals surface area contributed by atoms with E-state index in [2.05, 4.69) is 48.5 Å². The van der Waals surface area contributed by atoms with Crippen molar-refractivity contribution in [2.24, 2.45) is 5.92 Å². The van der Waals surface area contributed by atoms with Crippen molar-refractivity contribution in [3.05, 3.63) is 70.8 Å². The smallest absolute Gasteiger partial charge is 0.152 e. The highest BCUT2D eigenvalue weighted by molar-refractivity contribution is 7.25. The zero-order valence-corrected chi connectivity index (χ0v) is 14.2. The molecule has 4 rings (SSSR count). The van der Waals surface area contributed by atoms with Crippen molar-refractivity contribution in [1.29, 1.82) is 0 Å². The quantitative estimate of drug-likeness (QED) is 0.821. The molecular weight excluding hydrogens is 303 g/mol. The van der Waals surface area contributed by atoms with Gasteiger partial charge in [-0.3, -0.25) is 0 Å². The molecule has 0 saturated heterocycles. The lowest BCUT2D eigenvalue weighted by Gasteiger charge is -2.40. The van der Waals surface area contributed by atoms with E-state index in [1.54, 1.807) is 0 Å². The Hall–Kier alpha value is -1.21. The third kappa shape index (κ3) is 2.85. The Morgan fingerprint density at radius 3 is 2.13 bits per heavy atom. The standard InChI is InChI=1S/C20H23O2P/c21-23-22-19-12-6-5-11-18(19)20-16-9-3-1-7-14(16)13-15-8-2-4-10-17(15)20/h1-4,7-10,18-21,23H,5-6,11-13H2. The zero-order chi connectivity index (χ0) is 15.6. The summed E-state index contributed by atoms with van der Waals surface area (Å²) >= 11 is 0. The molecule has 120 valence electrons. The Morgan fingerprint density at radius 2 is 1.48 bits per heavy atom. The zero-order valence-electron chi connectivity index (χ0n) is 13.2. The SMILES string of the molecule is OPOC1CCCCC1C1c2ccccc2Cc2ccccc21. The third-order valence-electron chi connectivity index (χ3n) is 5.55. The van der Waals surface area contributed by atoms with Gasteiger partial charge in [-0.25, -0.2) is 0 Å². The van der Waals surface area contributed by atoms with Crippen molar-refractivity contribution in [1.82, 2.24) is 0 Å². The van der Waals surface area contributed by atoms with E-state index in [4.69, 9.17) is 4.52 Å². The number of hydrogen-bond donors (Lipinski definition) is 1. The lowest BCUT2D eigenvalue weighted by molar-refractivity contribution is 0.0898. The summed E-state index contributed by atoms with van der Waals surface area (Å²) in [5, 5.41) is 0. The molecule has 0 aromatic heterocycles. The predicted molar refractivity (Wildman–Crippen MR) is 94.9 cm³/mol. The molecule has 0 radical (unpaired) electrons. The van der Waals surface area contributed by atoms with Crippen molar-refractivity contribution >= 4 is 9.03 Å². The van der Waals surface area contributed by atoms with Crippen molar-refractivity contribution in [2.75, 3.05) is 0 Å². The first-order chi connectivity index (χ1) is 11.4. The summed E-state index contributed by atoms with van der Waals surface area (Å²) in [5.74, 6) is 0.865. The molecule has 2 nitrogen and oxygen atoms in total. The summed E-state index contributed by atoms with van der Waals surface area (Å²) in [6.07, 6.45) is 5.93. The molecule has 0 amide bonds. The normalized spacial score (nSPS) is 24.6. The van der Waals surface area contributed by atoms with Crippen molar-refractivity contribution in [3.63, 3.8) is 0 Å². The molecule has 23 heavy (non-hydrogen) atoms. The van der Waals surface area contributed by atoms with Gasteiger partial charge in [-0.05, 0) is 47.4 Å². The Labute approximate surface area is 139 Å². The van der Waals surface area contributed by atoms with Crippen LogP contribution < -0.4 is 0 Å². The fraction of sp³-hybridized carbons (Fsp3) is 0.400. The highest BCUT2D eigenvalue weighted by Crippen LogP contribution is 2.47. The molecule has 1 saturated carbocycles. The average Bonchev–Trinajstić information content (AvgIpc) is 2.61. The van der Waals surface area contributed by atoms with Gasteiger partial charge in [0, 0.05) is 5.92 Å². The van der Waals surface area contributed by atoms with Gasteiger partial charge in [-0.15, -0.1) is 0 Å². The Morgan fingerprint density at radius 1 is 0.870 bits per heavy atom. The van der Waals surface area contributed by atoms with Gasteiger partial charge < -0.3 is 9.42 Å². The fourth-order valence-electron chi connectivity index (χ4n) is 4.55. The molecule has 0 bridgehead atoms. The van der Waals surface area contributed by atoms with E-state index < -0.39 is 9.03 Å². The van der Waals surface area contributed by atoms with Gasteiger partial charge in [0.25, 0.3) is 0 Å². The van der Waals surface area contributed by atoms with Gasteiger partial charge in [0.05, 0.1) is 6.10 Å². The lowest BCUT2D eigenvalue weighted by Crippen LogP contribution is -2.33. The van der Waals surface area contributed by atoms with E-state index in [-0.39, 0.29) is 6.10 Å². The number of hydrogen-bond acceptors (Lipinski definition) is 2. The van der Waals surface area contributed by atoms with Crippen LogP contribution in [0, 0.1) is 5.92 Å². The highest BCUT2D eigenvalue weighted by Gasteiger charge is 2.37. The Balaban J connectivity index is 1.80. The van der Waals surface area contributed by atoms with Crippen LogP contribution in [0.25, 0.3) is 0 Å². The van der Waals surface area contributed by atoms with Crippen molar-refractivity contribution in [3.8, 4) is 0 Å². The van der Waals surface area contributed by atoms with Crippen LogP contribution in [0.2, 0.25) is 0 Å². The van der Waals surface area contributed by atoms with E-state index in [1.807, 2.05) is 0 Å². The van der Waals surface area contributed by atoms with Crippen LogP contribution in [0.4, 0.5) is 0 Å². The van der Waals surface area contributed by atoms with Gasteiger partial charge in [-0.2, -0.15) is 0 Å². The predicted octanol–water partition coefficient (Wildman–Crippen LogP) is 4.80. The van der Waals surface area contributed by atoms with Crippen LogP contribution in [0.5, 0.6) is 0 Å². The van der Waals surface area contributed by atoms with E-state index >= 15 is 0 Å². The first-order valence-corrected chi connectivity index (χ1v) is 9.44. The average molecular weight is 326 g/mol. The summed E-state index contributed by atoms with van der Waals surface area (Å²) in [5.41, 5.74) is 5.83. The molecule has 2 aliphatic carbocycles. The molecule has 0 heterocycles. The Bertz CT molecular complexity index is 637. The van der Waals surface area contributed by atoms with Crippen LogP contribution in [0.15, 0.2) is 48.5 Å². The second kappa shape index (κ2) is 6.73. The topological polar surface area (TPSA) is 29.5 Å². The first-order valence-electron chi connectivity index (χ1n) is 8.59. The van der Waals surface area contributed by atoms with Gasteiger partial charge in [0.15, 0.2) is 9.03 Å². The van der Waals surface area contributed by atoms with Crippen LogP contribution >= 0.6 is 9.03 Å². The minimum absolute atomic E-state index is 0.177. The fourth-order valence-corrected chi connectivity index (χ4v) is 4.98. The molecule has 2 aromatic carbocycles. The molecule has 1 N–H and O–H groups in total. The summed E-state index contributed by atoms with van der Waals surface area (Å²) in [6, 6.07) is 17.7. The number of fused-ring (bicyclic) bond motifs is 2. The molecule has 3 heteroatoms. The molecular formula is C20H23O2P. The van der Waals surface area contributed by atoms with Crippen LogP contribution in [-0.2, 0) is 10.9 Å². The van der Waals surface area contributed by atoms with Gasteiger partial charge in [0.1, 0.15) is 0 Å².